The van der Waals surface area contributed by atoms with Crippen LogP contribution in [0.1, 0.15) is 50.6 Å². The van der Waals surface area contributed by atoms with E-state index >= 15 is 0 Å². The number of rotatable bonds is 3. The lowest BCUT2D eigenvalue weighted by molar-refractivity contribution is 0.346. The highest BCUT2D eigenvalue weighted by atomic mass is 35.5. The molecule has 100 valence electrons. The van der Waals surface area contributed by atoms with Gasteiger partial charge in [0.1, 0.15) is 5.82 Å². The molecule has 1 aromatic carbocycles. The fourth-order valence-corrected chi connectivity index (χ4v) is 3.13. The summed E-state index contributed by atoms with van der Waals surface area (Å²) in [5.41, 5.74) is 0.782. The van der Waals surface area contributed by atoms with Gasteiger partial charge in [0.05, 0.1) is 5.02 Å². The second-order valence-corrected chi connectivity index (χ2v) is 5.83. The Morgan fingerprint density at radius 3 is 2.50 bits per heavy atom. The minimum absolute atomic E-state index is 0.0485. The molecule has 0 heterocycles. The topological polar surface area (TPSA) is 12.0 Å². The summed E-state index contributed by atoms with van der Waals surface area (Å²) in [5.74, 6) is -0.409. The van der Waals surface area contributed by atoms with Crippen molar-refractivity contribution in [3.63, 3.8) is 0 Å². The van der Waals surface area contributed by atoms with E-state index in [1.807, 2.05) is 6.92 Å². The SMILES string of the molecule is CC(NC1CCCCC1)c1cc(F)c(Cl)cc1Cl. The maximum Gasteiger partial charge on any atom is 0.142 e. The smallest absolute Gasteiger partial charge is 0.142 e. The van der Waals surface area contributed by atoms with E-state index in [4.69, 9.17) is 23.2 Å². The molecule has 0 amide bonds. The summed E-state index contributed by atoms with van der Waals surface area (Å²) in [4.78, 5) is 0. The van der Waals surface area contributed by atoms with Crippen LogP contribution in [0, 0.1) is 5.82 Å². The molecule has 0 spiro atoms. The lowest BCUT2D eigenvalue weighted by atomic mass is 9.94. The zero-order chi connectivity index (χ0) is 13.1. The molecule has 0 aromatic heterocycles. The van der Waals surface area contributed by atoms with Crippen LogP contribution in [0.4, 0.5) is 4.39 Å². The Morgan fingerprint density at radius 1 is 1.17 bits per heavy atom. The molecular weight excluding hydrogens is 272 g/mol. The Kier molecular flexibility index (Phi) is 4.88. The highest BCUT2D eigenvalue weighted by Crippen LogP contribution is 2.30. The van der Waals surface area contributed by atoms with Crippen LogP contribution in [0.15, 0.2) is 12.1 Å². The third kappa shape index (κ3) is 3.37. The van der Waals surface area contributed by atoms with Crippen LogP contribution in [0.5, 0.6) is 0 Å². The summed E-state index contributed by atoms with van der Waals surface area (Å²) in [5, 5.41) is 4.13. The van der Waals surface area contributed by atoms with Gasteiger partial charge in [0.15, 0.2) is 0 Å². The second kappa shape index (κ2) is 6.23. The first kappa shape index (κ1) is 14.1. The van der Waals surface area contributed by atoms with Crippen molar-refractivity contribution >= 4 is 23.2 Å². The molecule has 4 heteroatoms. The molecule has 2 rings (SSSR count). The Morgan fingerprint density at radius 2 is 1.83 bits per heavy atom. The lowest BCUT2D eigenvalue weighted by Gasteiger charge is -2.27. The average molecular weight is 290 g/mol. The predicted octanol–water partition coefficient (Wildman–Crippen LogP) is 5.12. The van der Waals surface area contributed by atoms with Gasteiger partial charge in [-0.1, -0.05) is 42.5 Å². The van der Waals surface area contributed by atoms with E-state index in [9.17, 15) is 4.39 Å². The first-order valence-electron chi connectivity index (χ1n) is 6.48. The molecule has 0 aliphatic heterocycles. The maximum absolute atomic E-state index is 13.5. The number of benzene rings is 1. The molecule has 1 aliphatic carbocycles. The van der Waals surface area contributed by atoms with Gasteiger partial charge in [-0.15, -0.1) is 0 Å². The highest BCUT2D eigenvalue weighted by Gasteiger charge is 2.19. The minimum Gasteiger partial charge on any atom is -0.307 e. The summed E-state index contributed by atoms with van der Waals surface area (Å²) in [6.07, 6.45) is 6.25. The molecule has 18 heavy (non-hydrogen) atoms. The Bertz CT molecular complexity index is 417. The van der Waals surface area contributed by atoms with Crippen LogP contribution < -0.4 is 5.32 Å². The van der Waals surface area contributed by atoms with Gasteiger partial charge in [0, 0.05) is 17.1 Å². The van der Waals surface area contributed by atoms with Crippen LogP contribution in [0.25, 0.3) is 0 Å². The van der Waals surface area contributed by atoms with E-state index in [0.29, 0.717) is 11.1 Å². The Balaban J connectivity index is 2.08. The van der Waals surface area contributed by atoms with Gasteiger partial charge in [-0.3, -0.25) is 0 Å². The minimum atomic E-state index is -0.409. The number of hydrogen-bond acceptors (Lipinski definition) is 1. The molecule has 1 saturated carbocycles. The van der Waals surface area contributed by atoms with Crippen molar-refractivity contribution in [2.24, 2.45) is 0 Å². The fourth-order valence-electron chi connectivity index (χ4n) is 2.58. The van der Waals surface area contributed by atoms with Crippen molar-refractivity contribution in [2.45, 2.75) is 51.1 Å². The largest absolute Gasteiger partial charge is 0.307 e. The zero-order valence-electron chi connectivity index (χ0n) is 10.5. The van der Waals surface area contributed by atoms with Crippen molar-refractivity contribution in [2.75, 3.05) is 0 Å². The molecule has 1 N–H and O–H groups in total. The quantitative estimate of drug-likeness (QED) is 0.762. The summed E-state index contributed by atoms with van der Waals surface area (Å²) >= 11 is 11.8. The summed E-state index contributed by atoms with van der Waals surface area (Å²) < 4.78 is 13.5. The van der Waals surface area contributed by atoms with E-state index in [1.54, 1.807) is 0 Å². The third-order valence-corrected chi connectivity index (χ3v) is 4.21. The molecule has 1 nitrogen and oxygen atoms in total. The van der Waals surface area contributed by atoms with Gasteiger partial charge in [-0.2, -0.15) is 0 Å². The molecule has 1 atom stereocenters. The van der Waals surface area contributed by atoms with Gasteiger partial charge in [0.2, 0.25) is 0 Å². The van der Waals surface area contributed by atoms with Crippen molar-refractivity contribution in [3.8, 4) is 0 Å². The maximum atomic E-state index is 13.5. The lowest BCUT2D eigenvalue weighted by Crippen LogP contribution is -2.33. The molecule has 1 aliphatic rings. The molecular formula is C14H18Cl2FN. The van der Waals surface area contributed by atoms with Gasteiger partial charge >= 0.3 is 0 Å². The number of nitrogens with one attached hydrogen (secondary N) is 1. The van der Waals surface area contributed by atoms with Crippen LogP contribution in [-0.4, -0.2) is 6.04 Å². The van der Waals surface area contributed by atoms with Crippen LogP contribution in [0.2, 0.25) is 10.0 Å². The Hall–Kier alpha value is -0.310. The standard InChI is InChI=1S/C14H18Cl2FN/c1-9(18-10-5-3-2-4-6-10)11-7-14(17)13(16)8-12(11)15/h7-10,18H,2-6H2,1H3. The predicted molar refractivity (Wildman–Crippen MR) is 74.8 cm³/mol. The summed E-state index contributed by atoms with van der Waals surface area (Å²) in [6.45, 7) is 2.02. The van der Waals surface area contributed by atoms with E-state index in [-0.39, 0.29) is 11.1 Å². The molecule has 1 unspecified atom stereocenters. The van der Waals surface area contributed by atoms with Crippen molar-refractivity contribution < 1.29 is 4.39 Å². The molecule has 1 fully saturated rings. The number of hydrogen-bond donors (Lipinski definition) is 1. The molecule has 1 aromatic rings. The van der Waals surface area contributed by atoms with E-state index in [0.717, 1.165) is 5.56 Å². The van der Waals surface area contributed by atoms with E-state index < -0.39 is 5.82 Å². The summed E-state index contributed by atoms with van der Waals surface area (Å²) in [6, 6.07) is 3.48. The average Bonchev–Trinajstić information content (AvgIpc) is 2.35. The first-order chi connectivity index (χ1) is 8.58. The van der Waals surface area contributed by atoms with Gasteiger partial charge in [0.25, 0.3) is 0 Å². The summed E-state index contributed by atoms with van der Waals surface area (Å²) in [7, 11) is 0. The second-order valence-electron chi connectivity index (χ2n) is 5.01. The van der Waals surface area contributed by atoms with Gasteiger partial charge < -0.3 is 5.32 Å². The Labute approximate surface area is 118 Å². The highest BCUT2D eigenvalue weighted by molar-refractivity contribution is 6.35. The number of halogens is 3. The van der Waals surface area contributed by atoms with Gasteiger partial charge in [-0.05, 0) is 37.5 Å². The first-order valence-corrected chi connectivity index (χ1v) is 7.24. The molecule has 0 saturated heterocycles. The monoisotopic (exact) mass is 289 g/mol. The van der Waals surface area contributed by atoms with Crippen molar-refractivity contribution in [3.05, 3.63) is 33.6 Å². The van der Waals surface area contributed by atoms with Crippen molar-refractivity contribution in [1.82, 2.24) is 5.32 Å². The third-order valence-electron chi connectivity index (χ3n) is 3.60. The van der Waals surface area contributed by atoms with Crippen LogP contribution in [-0.2, 0) is 0 Å². The normalized spacial score (nSPS) is 18.9. The van der Waals surface area contributed by atoms with Crippen LogP contribution in [0.3, 0.4) is 0 Å². The van der Waals surface area contributed by atoms with Gasteiger partial charge in [-0.25, -0.2) is 4.39 Å². The fraction of sp³-hybridized carbons (Fsp3) is 0.571. The zero-order valence-corrected chi connectivity index (χ0v) is 12.0. The van der Waals surface area contributed by atoms with Crippen molar-refractivity contribution in [1.29, 1.82) is 0 Å². The van der Waals surface area contributed by atoms with Crippen LogP contribution >= 0.6 is 23.2 Å². The molecule has 0 radical (unpaired) electrons. The van der Waals surface area contributed by atoms with E-state index in [2.05, 4.69) is 5.32 Å². The van der Waals surface area contributed by atoms with E-state index in [1.165, 1.54) is 44.2 Å². The molecule has 0 bridgehead atoms.